The number of amides is 4. The standard InChI is InChI=1S/C22H41N5O6/c1-7-11(4)16(24)19(29)26-18(13(6)9-3)21(31)27-17(12(5)8-2)20(30)25-14(22(32)33)10-15(23)28/h11-14,16-18H,7-10,24H2,1-6H3,(H2,23,28)(H,25,30)(H,26,29)(H,27,31)(H,32,33). The molecule has 7 atom stereocenters. The van der Waals surface area contributed by atoms with Crippen molar-refractivity contribution in [2.24, 2.45) is 29.2 Å². The Kier molecular flexibility index (Phi) is 13.3. The van der Waals surface area contributed by atoms with Gasteiger partial charge < -0.3 is 32.5 Å². The molecule has 0 aliphatic heterocycles. The van der Waals surface area contributed by atoms with Crippen LogP contribution < -0.4 is 27.4 Å². The number of carbonyl (C=O) groups excluding carboxylic acids is 4. The molecule has 0 aromatic carbocycles. The zero-order valence-corrected chi connectivity index (χ0v) is 20.5. The first-order valence-electron chi connectivity index (χ1n) is 11.5. The van der Waals surface area contributed by atoms with E-state index in [2.05, 4.69) is 16.0 Å². The van der Waals surface area contributed by atoms with Crippen LogP contribution in [0.2, 0.25) is 0 Å². The van der Waals surface area contributed by atoms with Gasteiger partial charge in [-0.05, 0) is 17.8 Å². The third-order valence-electron chi connectivity index (χ3n) is 6.17. The van der Waals surface area contributed by atoms with Crippen LogP contribution in [-0.2, 0) is 24.0 Å². The summed E-state index contributed by atoms with van der Waals surface area (Å²) in [7, 11) is 0. The van der Waals surface area contributed by atoms with Gasteiger partial charge in [0.05, 0.1) is 12.5 Å². The molecule has 190 valence electrons. The molecule has 11 heteroatoms. The van der Waals surface area contributed by atoms with Crippen molar-refractivity contribution in [2.45, 2.75) is 91.4 Å². The summed E-state index contributed by atoms with van der Waals surface area (Å²) < 4.78 is 0. The Labute approximate surface area is 195 Å². The Balaban J connectivity index is 5.67. The van der Waals surface area contributed by atoms with Crippen molar-refractivity contribution >= 4 is 29.6 Å². The number of rotatable bonds is 15. The van der Waals surface area contributed by atoms with Crippen molar-refractivity contribution in [3.63, 3.8) is 0 Å². The normalized spacial score (nSPS) is 17.4. The number of nitrogens with two attached hydrogens (primary N) is 2. The van der Waals surface area contributed by atoms with Crippen LogP contribution in [0, 0.1) is 17.8 Å². The highest BCUT2D eigenvalue weighted by molar-refractivity contribution is 5.95. The summed E-state index contributed by atoms with van der Waals surface area (Å²) in [5.41, 5.74) is 11.1. The zero-order valence-electron chi connectivity index (χ0n) is 20.5. The molecule has 0 spiro atoms. The molecule has 0 saturated heterocycles. The van der Waals surface area contributed by atoms with Crippen LogP contribution in [0.5, 0.6) is 0 Å². The van der Waals surface area contributed by atoms with Crippen molar-refractivity contribution in [1.82, 2.24) is 16.0 Å². The fraction of sp³-hybridized carbons (Fsp3) is 0.773. The van der Waals surface area contributed by atoms with E-state index in [0.717, 1.165) is 0 Å². The summed E-state index contributed by atoms with van der Waals surface area (Å²) >= 11 is 0. The first-order valence-corrected chi connectivity index (χ1v) is 11.5. The van der Waals surface area contributed by atoms with Crippen molar-refractivity contribution in [2.75, 3.05) is 0 Å². The van der Waals surface area contributed by atoms with Gasteiger partial charge in [-0.2, -0.15) is 0 Å². The largest absolute Gasteiger partial charge is 0.480 e. The second-order valence-corrected chi connectivity index (χ2v) is 8.72. The van der Waals surface area contributed by atoms with Crippen molar-refractivity contribution in [1.29, 1.82) is 0 Å². The molecular weight excluding hydrogens is 430 g/mol. The summed E-state index contributed by atoms with van der Waals surface area (Å²) in [6.45, 7) is 11.0. The molecule has 4 amide bonds. The summed E-state index contributed by atoms with van der Waals surface area (Å²) in [6.07, 6.45) is 1.20. The minimum absolute atomic E-state index is 0.0810. The van der Waals surface area contributed by atoms with E-state index in [9.17, 15) is 29.1 Å². The molecule has 0 aromatic heterocycles. The van der Waals surface area contributed by atoms with E-state index in [1.54, 1.807) is 13.8 Å². The maximum atomic E-state index is 13.1. The fourth-order valence-corrected chi connectivity index (χ4v) is 3.07. The second kappa shape index (κ2) is 14.5. The van der Waals surface area contributed by atoms with E-state index in [-0.39, 0.29) is 17.8 Å². The van der Waals surface area contributed by atoms with E-state index in [1.807, 2.05) is 27.7 Å². The van der Waals surface area contributed by atoms with E-state index in [1.165, 1.54) is 0 Å². The number of carbonyl (C=O) groups is 5. The summed E-state index contributed by atoms with van der Waals surface area (Å²) in [5, 5.41) is 16.9. The van der Waals surface area contributed by atoms with E-state index in [0.29, 0.717) is 19.3 Å². The van der Waals surface area contributed by atoms with Crippen molar-refractivity contribution < 1.29 is 29.1 Å². The van der Waals surface area contributed by atoms with E-state index >= 15 is 0 Å². The molecule has 7 unspecified atom stereocenters. The molecule has 11 nitrogen and oxygen atoms in total. The molecule has 0 fully saturated rings. The van der Waals surface area contributed by atoms with Gasteiger partial charge in [-0.3, -0.25) is 19.2 Å². The molecule has 33 heavy (non-hydrogen) atoms. The lowest BCUT2D eigenvalue weighted by Crippen LogP contribution is -2.60. The van der Waals surface area contributed by atoms with Gasteiger partial charge in [-0.1, -0.05) is 60.8 Å². The maximum Gasteiger partial charge on any atom is 0.326 e. The quantitative estimate of drug-likeness (QED) is 0.191. The number of hydrogen-bond acceptors (Lipinski definition) is 6. The number of aliphatic carboxylic acids is 1. The predicted molar refractivity (Wildman–Crippen MR) is 124 cm³/mol. The van der Waals surface area contributed by atoms with Gasteiger partial charge in [-0.25, -0.2) is 4.79 Å². The van der Waals surface area contributed by atoms with Gasteiger partial charge in [0.1, 0.15) is 18.1 Å². The molecular formula is C22H41N5O6. The van der Waals surface area contributed by atoms with Gasteiger partial charge in [0.25, 0.3) is 0 Å². The molecule has 0 radical (unpaired) electrons. The Morgan fingerprint density at radius 1 is 0.727 bits per heavy atom. The molecule has 0 aromatic rings. The maximum absolute atomic E-state index is 13.1. The first-order chi connectivity index (χ1) is 15.3. The molecule has 0 saturated carbocycles. The van der Waals surface area contributed by atoms with Gasteiger partial charge in [0, 0.05) is 0 Å². The minimum atomic E-state index is -1.52. The predicted octanol–water partition coefficient (Wildman–Crippen LogP) is -0.134. The molecule has 8 N–H and O–H groups in total. The summed E-state index contributed by atoms with van der Waals surface area (Å²) in [6, 6.07) is -4.31. The Morgan fingerprint density at radius 3 is 1.48 bits per heavy atom. The minimum Gasteiger partial charge on any atom is -0.480 e. The van der Waals surface area contributed by atoms with Gasteiger partial charge >= 0.3 is 5.97 Å². The highest BCUT2D eigenvalue weighted by atomic mass is 16.4. The first kappa shape index (κ1) is 30.3. The Morgan fingerprint density at radius 2 is 1.12 bits per heavy atom. The lowest BCUT2D eigenvalue weighted by molar-refractivity contribution is -0.144. The topological polar surface area (TPSA) is 194 Å². The second-order valence-electron chi connectivity index (χ2n) is 8.72. The number of hydrogen-bond donors (Lipinski definition) is 6. The Bertz CT molecular complexity index is 701. The highest BCUT2D eigenvalue weighted by Gasteiger charge is 2.35. The average Bonchev–Trinajstić information content (AvgIpc) is 2.77. The molecule has 0 aliphatic carbocycles. The van der Waals surface area contributed by atoms with Crippen LogP contribution in [0.15, 0.2) is 0 Å². The SMILES string of the molecule is CCC(C)C(N)C(=O)NC(C(=O)NC(C(=O)NC(CC(N)=O)C(=O)O)C(C)CC)C(C)CC. The molecule has 0 heterocycles. The summed E-state index contributed by atoms with van der Waals surface area (Å²) in [5.74, 6) is -4.77. The van der Waals surface area contributed by atoms with Crippen LogP contribution >= 0.6 is 0 Å². The monoisotopic (exact) mass is 471 g/mol. The van der Waals surface area contributed by atoms with Crippen LogP contribution in [-0.4, -0.2) is 58.9 Å². The van der Waals surface area contributed by atoms with Crippen LogP contribution in [0.4, 0.5) is 0 Å². The lowest BCUT2D eigenvalue weighted by atomic mass is 9.93. The molecule has 0 bridgehead atoms. The van der Waals surface area contributed by atoms with Crippen LogP contribution in [0.25, 0.3) is 0 Å². The van der Waals surface area contributed by atoms with Crippen molar-refractivity contribution in [3.05, 3.63) is 0 Å². The van der Waals surface area contributed by atoms with Gasteiger partial charge in [0.15, 0.2) is 0 Å². The Hall–Kier alpha value is -2.69. The third kappa shape index (κ3) is 9.77. The number of nitrogens with one attached hydrogen (secondary N) is 3. The third-order valence-corrected chi connectivity index (χ3v) is 6.17. The number of carboxylic acids is 1. The lowest BCUT2D eigenvalue weighted by Gasteiger charge is -2.30. The van der Waals surface area contributed by atoms with Gasteiger partial charge in [0.2, 0.25) is 23.6 Å². The summed E-state index contributed by atoms with van der Waals surface area (Å²) in [4.78, 5) is 61.1. The van der Waals surface area contributed by atoms with Crippen molar-refractivity contribution in [3.8, 4) is 0 Å². The van der Waals surface area contributed by atoms with E-state index in [4.69, 9.17) is 11.5 Å². The number of primary amides is 1. The molecule has 0 rings (SSSR count). The van der Waals surface area contributed by atoms with Crippen LogP contribution in [0.1, 0.15) is 67.2 Å². The average molecular weight is 472 g/mol. The zero-order chi connectivity index (χ0) is 25.9. The number of carboxylic acid groups (broad SMARTS) is 1. The highest BCUT2D eigenvalue weighted by Crippen LogP contribution is 2.14. The smallest absolute Gasteiger partial charge is 0.326 e. The van der Waals surface area contributed by atoms with E-state index < -0.39 is 60.2 Å². The molecule has 0 aliphatic rings. The van der Waals surface area contributed by atoms with Crippen LogP contribution in [0.3, 0.4) is 0 Å². The fourth-order valence-electron chi connectivity index (χ4n) is 3.07. The van der Waals surface area contributed by atoms with Gasteiger partial charge in [-0.15, -0.1) is 0 Å².